The third-order valence-electron chi connectivity index (χ3n) is 8.40. The molecule has 1 amide bonds. The number of thiazole rings is 2. The lowest BCUT2D eigenvalue weighted by Crippen LogP contribution is -2.12. The van der Waals surface area contributed by atoms with E-state index < -0.39 is 23.6 Å². The van der Waals surface area contributed by atoms with E-state index in [4.69, 9.17) is 44.7 Å². The maximum absolute atomic E-state index is 10.9. The van der Waals surface area contributed by atoms with Crippen LogP contribution in [0.15, 0.2) is 109 Å². The van der Waals surface area contributed by atoms with Crippen LogP contribution in [0.4, 0.5) is 5.82 Å². The van der Waals surface area contributed by atoms with Gasteiger partial charge in [-0.25, -0.2) is 39.5 Å². The summed E-state index contributed by atoms with van der Waals surface area (Å²) in [5.74, 6) is -3.09. The van der Waals surface area contributed by atoms with Crippen LogP contribution in [0, 0.1) is 0 Å². The molecule has 0 spiro atoms. The molecule has 394 valence electrons. The number of nitrogens with zero attached hydrogens (tertiary/aromatic N) is 6. The predicted octanol–water partition coefficient (Wildman–Crippen LogP) is 10.7. The normalized spacial score (nSPS) is 9.39. The Hall–Kier alpha value is -7.77. The van der Waals surface area contributed by atoms with Gasteiger partial charge in [0.2, 0.25) is 5.78 Å². The third-order valence-corrected chi connectivity index (χ3v) is 10.9. The molecular formula is C50H62BrN13O7S3. The number of nitrogen functional groups attached to an aromatic ring is 1. The number of ketones is 1. The second-order valence-electron chi connectivity index (χ2n) is 12.7. The zero-order chi connectivity index (χ0) is 55.8. The van der Waals surface area contributed by atoms with Crippen molar-refractivity contribution in [1.82, 2.24) is 49.8 Å². The number of nitrogens with one attached hydrogen (secondary N) is 4. The number of aliphatic hydroxyl groups is 1. The number of aromatic nitrogens is 10. The van der Waals surface area contributed by atoms with Crippen LogP contribution in [-0.4, -0.2) is 106 Å². The first-order valence-corrected chi connectivity index (χ1v) is 26.2. The van der Waals surface area contributed by atoms with Gasteiger partial charge in [0, 0.05) is 105 Å². The summed E-state index contributed by atoms with van der Waals surface area (Å²) in [6.07, 6.45) is 13.9. The number of primary amides is 1. The summed E-state index contributed by atoms with van der Waals surface area (Å²) in [5.41, 5.74) is 22.7. The van der Waals surface area contributed by atoms with Crippen LogP contribution >= 0.6 is 50.8 Å². The van der Waals surface area contributed by atoms with Gasteiger partial charge >= 0.3 is 11.9 Å². The fraction of sp³-hybridized carbons (Fsp3) is 0.220. The number of amides is 1. The van der Waals surface area contributed by atoms with Gasteiger partial charge in [-0.2, -0.15) is 0 Å². The van der Waals surface area contributed by atoms with E-state index in [0.29, 0.717) is 27.0 Å². The molecule has 20 nitrogen and oxygen atoms in total. The smallest absolute Gasteiger partial charge is 0.373 e. The molecule has 0 saturated carbocycles. The lowest BCUT2D eigenvalue weighted by molar-refractivity contribution is -0.147. The van der Waals surface area contributed by atoms with Crippen molar-refractivity contribution in [2.24, 2.45) is 11.5 Å². The number of aromatic carboxylic acids is 1. The number of anilines is 1. The molecule has 0 aliphatic carbocycles. The lowest BCUT2D eigenvalue weighted by atomic mass is 10.2. The number of fused-ring (bicyclic) bond motifs is 4. The number of halogens is 1. The maximum atomic E-state index is 10.9. The van der Waals surface area contributed by atoms with Gasteiger partial charge in [0.1, 0.15) is 43.4 Å². The second-order valence-corrected chi connectivity index (χ2v) is 15.5. The molecule has 24 heteroatoms. The van der Waals surface area contributed by atoms with Gasteiger partial charge in [-0.05, 0) is 55.5 Å². The fourth-order valence-electron chi connectivity index (χ4n) is 5.55. The number of rotatable bonds is 7. The highest BCUT2D eigenvalue weighted by molar-refractivity contribution is 9.09. The Morgan fingerprint density at radius 1 is 0.608 bits per heavy atom. The molecule has 10 heterocycles. The lowest BCUT2D eigenvalue weighted by Gasteiger charge is -1.92. The number of carbonyl (C=O) groups is 4. The minimum absolute atomic E-state index is 0.0724. The van der Waals surface area contributed by atoms with E-state index >= 15 is 0 Å². The second kappa shape index (κ2) is 35.4. The number of aromatic amines is 4. The van der Waals surface area contributed by atoms with E-state index in [1.807, 2.05) is 103 Å². The molecule has 0 saturated heterocycles. The minimum Gasteiger partial charge on any atom is -0.476 e. The third kappa shape index (κ3) is 19.0. The van der Waals surface area contributed by atoms with Crippen LogP contribution in [-0.2, 0) is 9.59 Å². The Bertz CT molecular complexity index is 3170. The number of nitrogens with two attached hydrogens (primary N) is 3. The Labute approximate surface area is 449 Å². The molecule has 0 atom stereocenters. The van der Waals surface area contributed by atoms with Crippen molar-refractivity contribution in [2.75, 3.05) is 17.7 Å². The molecule has 10 aromatic heterocycles. The standard InChI is InChI=1S/C11H7N3O2S.C10H8N4S.C8H7N3O.C8H7N3S.C3H3BrO3.C2H6O.4C2H6/c15-11(16)8-5-17-10(14-8)7-4-13-9-6(7)2-1-3-12-9;11-8-5-15-10(14-8)7-4-13-9-6(7)2-1-3-12-9;2*9-7(12)6-4-11-8-5(6)2-1-3-10-8;4-1-2(5)3(6)7;1-2-3;4*1-2/h1-5H,(H,12,13)(H,15,16);1-5H,11H2,(H,12,13);2*1-4H,(H2,9,12)(H,10,11);1H2,(H,6,7);3H,2H2,1H3;4*1-2H3. The Morgan fingerprint density at radius 3 is 1.31 bits per heavy atom. The molecule has 0 bridgehead atoms. The van der Waals surface area contributed by atoms with E-state index in [1.54, 1.807) is 62.4 Å². The van der Waals surface area contributed by atoms with Crippen LogP contribution in [0.1, 0.15) is 88.7 Å². The molecule has 0 aromatic carbocycles. The molecule has 13 N–H and O–H groups in total. The first-order chi connectivity index (χ1) is 35.8. The average Bonchev–Trinajstić information content (AvgIpc) is 4.31. The Balaban J connectivity index is 0.000000449. The van der Waals surface area contributed by atoms with Crippen LogP contribution < -0.4 is 17.2 Å². The average molecular weight is 1130 g/mol. The molecular weight excluding hydrogens is 1070 g/mol. The van der Waals surface area contributed by atoms with E-state index in [1.165, 1.54) is 28.1 Å². The highest BCUT2D eigenvalue weighted by Gasteiger charge is 2.14. The molecule has 74 heavy (non-hydrogen) atoms. The van der Waals surface area contributed by atoms with E-state index in [-0.39, 0.29) is 17.6 Å². The fourth-order valence-corrected chi connectivity index (χ4v) is 7.52. The molecule has 0 radical (unpaired) electrons. The zero-order valence-electron chi connectivity index (χ0n) is 42.3. The number of alkyl halides is 1. The Kier molecular flexibility index (Phi) is 30.7. The van der Waals surface area contributed by atoms with Crippen molar-refractivity contribution in [3.63, 3.8) is 0 Å². The van der Waals surface area contributed by atoms with Gasteiger partial charge < -0.3 is 52.5 Å². The predicted molar refractivity (Wildman–Crippen MR) is 307 cm³/mol. The summed E-state index contributed by atoms with van der Waals surface area (Å²) < 4.78 is 0. The van der Waals surface area contributed by atoms with Gasteiger partial charge in [0.05, 0.1) is 10.9 Å². The number of carboxylic acid groups (broad SMARTS) is 2. The number of Topliss-reactive ketones (excluding diaryl/α,β-unsaturated/α-hetero) is 1. The van der Waals surface area contributed by atoms with Gasteiger partial charge in [-0.15, -0.1) is 22.7 Å². The zero-order valence-corrected chi connectivity index (χ0v) is 46.3. The van der Waals surface area contributed by atoms with Crippen molar-refractivity contribution in [3.05, 3.63) is 126 Å². The molecule has 0 aliphatic rings. The number of carbonyl (C=O) groups excluding carboxylic acids is 2. The van der Waals surface area contributed by atoms with Gasteiger partial charge in [-0.1, -0.05) is 83.5 Å². The monoisotopic (exact) mass is 1130 g/mol. The molecule has 0 fully saturated rings. The number of aliphatic carboxylic acids is 1. The summed E-state index contributed by atoms with van der Waals surface area (Å²) in [4.78, 5) is 78.3. The molecule has 10 rings (SSSR count). The number of aliphatic hydroxyl groups excluding tert-OH is 1. The highest BCUT2D eigenvalue weighted by Crippen LogP contribution is 2.31. The number of thiocarbonyl (C=S) groups is 1. The summed E-state index contributed by atoms with van der Waals surface area (Å²) >= 11 is 10.4. The quantitative estimate of drug-likeness (QED) is 0.0403. The van der Waals surface area contributed by atoms with Crippen molar-refractivity contribution >= 4 is 129 Å². The van der Waals surface area contributed by atoms with Crippen LogP contribution in [0.2, 0.25) is 0 Å². The number of pyridine rings is 4. The van der Waals surface area contributed by atoms with E-state index in [0.717, 1.165) is 60.2 Å². The number of carboxylic acids is 2. The molecule has 0 aliphatic heterocycles. The number of hydrogen-bond donors (Lipinski definition) is 10. The van der Waals surface area contributed by atoms with E-state index in [9.17, 15) is 19.2 Å². The van der Waals surface area contributed by atoms with Crippen LogP contribution in [0.25, 0.3) is 65.3 Å². The van der Waals surface area contributed by atoms with E-state index in [2.05, 4.69) is 65.8 Å². The van der Waals surface area contributed by atoms with Crippen LogP contribution in [0.5, 0.6) is 0 Å². The van der Waals surface area contributed by atoms with Crippen molar-refractivity contribution in [2.45, 2.75) is 62.3 Å². The van der Waals surface area contributed by atoms with Crippen LogP contribution in [0.3, 0.4) is 0 Å². The summed E-state index contributed by atoms with van der Waals surface area (Å²) in [6, 6.07) is 15.1. The first-order valence-electron chi connectivity index (χ1n) is 22.9. The first kappa shape index (κ1) is 64.2. The van der Waals surface area contributed by atoms with Crippen molar-refractivity contribution < 1.29 is 34.5 Å². The van der Waals surface area contributed by atoms with Gasteiger partial charge in [0.25, 0.3) is 5.91 Å². The van der Waals surface area contributed by atoms with Gasteiger partial charge in [0.15, 0.2) is 5.69 Å². The molecule has 10 aromatic rings. The minimum atomic E-state index is -1.39. The van der Waals surface area contributed by atoms with Crippen molar-refractivity contribution in [3.8, 4) is 21.1 Å². The summed E-state index contributed by atoms with van der Waals surface area (Å²) in [7, 11) is 0. The largest absolute Gasteiger partial charge is 0.476 e. The number of hydrogen-bond acceptors (Lipinski definition) is 15. The molecule has 0 unspecified atom stereocenters. The van der Waals surface area contributed by atoms with Crippen molar-refractivity contribution in [1.29, 1.82) is 0 Å². The Morgan fingerprint density at radius 2 is 0.973 bits per heavy atom. The number of H-pyrrole nitrogens is 4. The van der Waals surface area contributed by atoms with Gasteiger partial charge in [-0.3, -0.25) is 9.59 Å². The highest BCUT2D eigenvalue weighted by atomic mass is 79.9. The summed E-state index contributed by atoms with van der Waals surface area (Å²) in [6.45, 7) is 17.9. The maximum Gasteiger partial charge on any atom is 0.373 e. The SMILES string of the molecule is CC.CC.CC.CC.CCO.NC(=O)c1c[nH]c2ncccc12.NC(=S)c1c[nH]c2ncccc12.Nc1csc(-c2c[nH]c3ncccc23)n1.O=C(O)C(=O)CBr.O=C(O)c1csc(-c2c[nH]c3ncccc23)n1. The topological polar surface area (TPSA) is 348 Å². The summed E-state index contributed by atoms with van der Waals surface area (Å²) in [5, 5.41) is 32.8.